The Hall–Kier alpha value is -2.48. The lowest BCUT2D eigenvalue weighted by molar-refractivity contribution is -0.189. The van der Waals surface area contributed by atoms with E-state index < -0.39 is 34.0 Å². The summed E-state index contributed by atoms with van der Waals surface area (Å²) in [6.07, 6.45) is -2.04. The molecule has 0 bridgehead atoms. The molecule has 2 fully saturated rings. The SMILES string of the molecule is NCc1ccc(S(=O)(=O)N2C[C@@H](C(=O)N3CCCCC3)C[C@@H](c3cccc(OC(=O)C(F)(F)F)c3)C2)s1. The van der Waals surface area contributed by atoms with Crippen LogP contribution in [0.4, 0.5) is 13.2 Å². The third-order valence-electron chi connectivity index (χ3n) is 6.64. The number of carbonyl (C=O) groups excluding carboxylic acids is 2. The van der Waals surface area contributed by atoms with Crippen LogP contribution in [0.1, 0.15) is 42.0 Å². The molecule has 8 nitrogen and oxygen atoms in total. The Morgan fingerprint density at radius 3 is 2.46 bits per heavy atom. The first kappa shape index (κ1) is 27.6. The van der Waals surface area contributed by atoms with Crippen molar-refractivity contribution in [3.63, 3.8) is 0 Å². The minimum absolute atomic E-state index is 0.00672. The van der Waals surface area contributed by atoms with Gasteiger partial charge in [0.05, 0.1) is 5.92 Å². The number of alkyl halides is 3. The van der Waals surface area contributed by atoms with E-state index >= 15 is 0 Å². The van der Waals surface area contributed by atoms with Crippen molar-refractivity contribution in [3.8, 4) is 5.75 Å². The van der Waals surface area contributed by atoms with Crippen molar-refractivity contribution in [2.75, 3.05) is 26.2 Å². The molecular weight excluding hydrogens is 531 g/mol. The fourth-order valence-electron chi connectivity index (χ4n) is 4.78. The highest BCUT2D eigenvalue weighted by molar-refractivity contribution is 7.91. The maximum absolute atomic E-state index is 13.5. The number of esters is 1. The molecule has 0 unspecified atom stereocenters. The second-order valence-corrected chi connectivity index (χ2v) is 12.6. The molecule has 0 radical (unpaired) electrons. The van der Waals surface area contributed by atoms with E-state index in [4.69, 9.17) is 5.73 Å². The van der Waals surface area contributed by atoms with Crippen LogP contribution < -0.4 is 10.5 Å². The first-order valence-electron chi connectivity index (χ1n) is 12.0. The Morgan fingerprint density at radius 1 is 1.08 bits per heavy atom. The molecule has 2 aromatic rings. The summed E-state index contributed by atoms with van der Waals surface area (Å²) in [5.74, 6) is -3.89. The van der Waals surface area contributed by atoms with Gasteiger partial charge in [0.25, 0.3) is 10.0 Å². The highest BCUT2D eigenvalue weighted by atomic mass is 32.2. The molecule has 0 saturated carbocycles. The van der Waals surface area contributed by atoms with E-state index in [9.17, 15) is 31.2 Å². The van der Waals surface area contributed by atoms with E-state index in [-0.39, 0.29) is 35.5 Å². The van der Waals surface area contributed by atoms with Crippen LogP contribution in [0.5, 0.6) is 5.75 Å². The molecule has 0 aliphatic carbocycles. The van der Waals surface area contributed by atoms with Gasteiger partial charge in [-0.15, -0.1) is 11.3 Å². The average Bonchev–Trinajstić information content (AvgIpc) is 3.38. The van der Waals surface area contributed by atoms with Crippen LogP contribution in [0.25, 0.3) is 0 Å². The van der Waals surface area contributed by atoms with Gasteiger partial charge in [-0.2, -0.15) is 17.5 Å². The number of piperidine rings is 2. The Labute approximate surface area is 217 Å². The van der Waals surface area contributed by atoms with Crippen molar-refractivity contribution in [2.24, 2.45) is 11.7 Å². The monoisotopic (exact) mass is 559 g/mol. The fourth-order valence-corrected chi connectivity index (χ4v) is 7.70. The van der Waals surface area contributed by atoms with E-state index in [2.05, 4.69) is 4.74 Å². The summed E-state index contributed by atoms with van der Waals surface area (Å²) in [6, 6.07) is 8.73. The van der Waals surface area contributed by atoms with Gasteiger partial charge < -0.3 is 15.4 Å². The maximum Gasteiger partial charge on any atom is 0.491 e. The van der Waals surface area contributed by atoms with E-state index in [0.29, 0.717) is 30.0 Å². The molecule has 2 aliphatic rings. The fraction of sp³-hybridized carbons (Fsp3) is 0.500. The standard InChI is InChI=1S/C24H28F3N3O5S2/c25-24(26,27)23(32)35-19-6-4-5-16(12-19)17-11-18(22(31)29-9-2-1-3-10-29)15-30(14-17)37(33,34)21-8-7-20(13-28)36-21/h4-8,12,17-18H,1-3,9-11,13-15,28H2/t17-,18+/m1/s1. The van der Waals surface area contributed by atoms with Gasteiger partial charge in [-0.1, -0.05) is 12.1 Å². The number of thiophene rings is 1. The number of ether oxygens (including phenoxy) is 1. The summed E-state index contributed by atoms with van der Waals surface area (Å²) in [7, 11) is -3.95. The molecule has 1 amide bonds. The van der Waals surface area contributed by atoms with Crippen LogP contribution in [-0.4, -0.2) is 61.9 Å². The van der Waals surface area contributed by atoms with Crippen molar-refractivity contribution >= 4 is 33.2 Å². The Balaban J connectivity index is 1.63. The topological polar surface area (TPSA) is 110 Å². The minimum Gasteiger partial charge on any atom is -0.420 e. The number of likely N-dealkylation sites (tertiary alicyclic amines) is 1. The van der Waals surface area contributed by atoms with Gasteiger partial charge in [0.15, 0.2) is 0 Å². The summed E-state index contributed by atoms with van der Waals surface area (Å²) in [5, 5.41) is 0. The number of nitrogens with zero attached hydrogens (tertiary/aromatic N) is 2. The van der Waals surface area contributed by atoms with E-state index in [1.54, 1.807) is 17.0 Å². The first-order chi connectivity index (χ1) is 17.5. The summed E-state index contributed by atoms with van der Waals surface area (Å²) >= 11 is 1.07. The molecular formula is C24H28F3N3O5S2. The second kappa shape index (κ2) is 11.1. The van der Waals surface area contributed by atoms with Crippen molar-refractivity contribution in [1.82, 2.24) is 9.21 Å². The van der Waals surface area contributed by atoms with Crippen LogP contribution in [-0.2, 0) is 26.2 Å². The van der Waals surface area contributed by atoms with Crippen LogP contribution in [0, 0.1) is 5.92 Å². The Kier molecular flexibility index (Phi) is 8.26. The van der Waals surface area contributed by atoms with Gasteiger partial charge in [-0.3, -0.25) is 4.79 Å². The molecule has 3 heterocycles. The molecule has 4 rings (SSSR count). The number of nitrogens with two attached hydrogens (primary N) is 1. The Morgan fingerprint density at radius 2 is 1.81 bits per heavy atom. The molecule has 1 aromatic heterocycles. The van der Waals surface area contributed by atoms with Gasteiger partial charge in [0.1, 0.15) is 9.96 Å². The molecule has 1 aromatic carbocycles. The lowest BCUT2D eigenvalue weighted by Gasteiger charge is -2.39. The van der Waals surface area contributed by atoms with Gasteiger partial charge in [0.2, 0.25) is 5.91 Å². The zero-order chi connectivity index (χ0) is 26.8. The number of sulfonamides is 1. The zero-order valence-corrected chi connectivity index (χ0v) is 21.6. The number of carbonyl (C=O) groups is 2. The van der Waals surface area contributed by atoms with Gasteiger partial charge in [-0.25, -0.2) is 13.2 Å². The average molecular weight is 560 g/mol. The number of amides is 1. The third-order valence-corrected chi connectivity index (χ3v) is 10.0. The van der Waals surface area contributed by atoms with Crippen molar-refractivity contribution < 1.29 is 35.9 Å². The summed E-state index contributed by atoms with van der Waals surface area (Å²) in [5.41, 5.74) is 6.13. The van der Waals surface area contributed by atoms with Crippen LogP contribution in [0.2, 0.25) is 0 Å². The third kappa shape index (κ3) is 6.33. The summed E-state index contributed by atoms with van der Waals surface area (Å²) < 4.78 is 71.0. The number of hydrogen-bond acceptors (Lipinski definition) is 7. The minimum atomic E-state index is -5.15. The molecule has 2 saturated heterocycles. The summed E-state index contributed by atoms with van der Waals surface area (Å²) in [6.45, 7) is 1.45. The predicted molar refractivity (Wildman–Crippen MR) is 130 cm³/mol. The molecule has 2 aliphatic heterocycles. The normalized spacial score (nSPS) is 21.6. The van der Waals surface area contributed by atoms with Crippen molar-refractivity contribution in [2.45, 2.75) is 48.5 Å². The molecule has 37 heavy (non-hydrogen) atoms. The van der Waals surface area contributed by atoms with Crippen LogP contribution in [0.3, 0.4) is 0 Å². The second-order valence-electron chi connectivity index (χ2n) is 9.22. The molecule has 0 spiro atoms. The lowest BCUT2D eigenvalue weighted by atomic mass is 9.84. The predicted octanol–water partition coefficient (Wildman–Crippen LogP) is 3.48. The zero-order valence-electron chi connectivity index (χ0n) is 19.9. The van der Waals surface area contributed by atoms with E-state index in [1.807, 2.05) is 0 Å². The smallest absolute Gasteiger partial charge is 0.420 e. The largest absolute Gasteiger partial charge is 0.491 e. The Bertz CT molecular complexity index is 1240. The van der Waals surface area contributed by atoms with Gasteiger partial charge >= 0.3 is 12.1 Å². The van der Waals surface area contributed by atoms with E-state index in [1.165, 1.54) is 28.6 Å². The number of benzene rings is 1. The number of rotatable bonds is 6. The van der Waals surface area contributed by atoms with Crippen LogP contribution in [0.15, 0.2) is 40.6 Å². The molecule has 2 N–H and O–H groups in total. The van der Waals surface area contributed by atoms with Gasteiger partial charge in [0, 0.05) is 37.6 Å². The quantitative estimate of drug-likeness (QED) is 0.429. The number of hydrogen-bond donors (Lipinski definition) is 1. The summed E-state index contributed by atoms with van der Waals surface area (Å²) in [4.78, 5) is 27.2. The highest BCUT2D eigenvalue weighted by Crippen LogP contribution is 2.37. The van der Waals surface area contributed by atoms with Crippen molar-refractivity contribution in [3.05, 3.63) is 46.8 Å². The molecule has 2 atom stereocenters. The maximum atomic E-state index is 13.5. The lowest BCUT2D eigenvalue weighted by Crippen LogP contribution is -2.49. The highest BCUT2D eigenvalue weighted by Gasteiger charge is 2.42. The number of halogens is 3. The van der Waals surface area contributed by atoms with Gasteiger partial charge in [-0.05, 0) is 61.4 Å². The van der Waals surface area contributed by atoms with E-state index in [0.717, 1.165) is 30.6 Å². The van der Waals surface area contributed by atoms with Crippen LogP contribution >= 0.6 is 11.3 Å². The molecule has 13 heteroatoms. The van der Waals surface area contributed by atoms with Crippen molar-refractivity contribution in [1.29, 1.82) is 0 Å². The first-order valence-corrected chi connectivity index (χ1v) is 14.2. The molecule has 202 valence electrons.